The van der Waals surface area contributed by atoms with Gasteiger partial charge in [0.2, 0.25) is 5.13 Å². The van der Waals surface area contributed by atoms with Gasteiger partial charge in [0.1, 0.15) is 5.75 Å². The van der Waals surface area contributed by atoms with Gasteiger partial charge in [-0.1, -0.05) is 0 Å². The normalized spacial score (nSPS) is 11.5. The molecule has 0 aliphatic carbocycles. The van der Waals surface area contributed by atoms with Crippen LogP contribution in [0.5, 0.6) is 5.75 Å². The molecule has 0 radical (unpaired) electrons. The molecule has 3 aromatic rings. The molecule has 0 unspecified atom stereocenters. The minimum atomic E-state index is -4.64. The second-order valence-corrected chi connectivity index (χ2v) is 5.94. The van der Waals surface area contributed by atoms with Crippen molar-refractivity contribution in [2.75, 3.05) is 6.61 Å². The molecule has 6 nitrogen and oxygen atoms in total. The average Bonchev–Trinajstić information content (AvgIpc) is 3.22. The van der Waals surface area contributed by atoms with Gasteiger partial charge in [-0.25, -0.2) is 14.5 Å². The van der Waals surface area contributed by atoms with Crippen molar-refractivity contribution >= 4 is 17.3 Å². The molecule has 3 rings (SSSR count). The third kappa shape index (κ3) is 3.54. The maximum Gasteiger partial charge on any atom is 0.435 e. The number of benzene rings is 1. The van der Waals surface area contributed by atoms with E-state index in [0.717, 1.165) is 22.1 Å². The Hall–Kier alpha value is -2.88. The first-order chi connectivity index (χ1) is 12.3. The molecule has 10 heteroatoms. The van der Waals surface area contributed by atoms with Crippen molar-refractivity contribution in [1.82, 2.24) is 14.8 Å². The highest BCUT2D eigenvalue weighted by Gasteiger charge is 2.35. The Morgan fingerprint density at radius 1 is 1.31 bits per heavy atom. The lowest BCUT2D eigenvalue weighted by molar-refractivity contribution is -0.141. The summed E-state index contributed by atoms with van der Waals surface area (Å²) < 4.78 is 45.6. The Labute approximate surface area is 149 Å². The molecular weight excluding hydrogens is 371 g/mol. The summed E-state index contributed by atoms with van der Waals surface area (Å²) in [5, 5.41) is 13.8. The van der Waals surface area contributed by atoms with Crippen molar-refractivity contribution < 1.29 is 27.8 Å². The van der Waals surface area contributed by atoms with Crippen LogP contribution in [0.25, 0.3) is 16.4 Å². The van der Waals surface area contributed by atoms with Crippen molar-refractivity contribution in [2.45, 2.75) is 13.1 Å². The molecule has 0 fully saturated rings. The van der Waals surface area contributed by atoms with Gasteiger partial charge in [-0.3, -0.25) is 0 Å². The maximum atomic E-state index is 13.1. The molecule has 0 spiro atoms. The summed E-state index contributed by atoms with van der Waals surface area (Å²) in [6.07, 6.45) is -4.64. The molecule has 0 saturated heterocycles. The summed E-state index contributed by atoms with van der Waals surface area (Å²) >= 11 is 0.892. The van der Waals surface area contributed by atoms with Gasteiger partial charge in [-0.2, -0.15) is 18.3 Å². The van der Waals surface area contributed by atoms with E-state index in [2.05, 4.69) is 10.1 Å². The number of carbonyl (C=O) groups is 1. The molecule has 0 amide bonds. The molecule has 0 aliphatic rings. The van der Waals surface area contributed by atoms with Gasteiger partial charge in [0.05, 0.1) is 12.3 Å². The van der Waals surface area contributed by atoms with E-state index in [1.807, 2.05) is 6.92 Å². The van der Waals surface area contributed by atoms with Crippen molar-refractivity contribution in [3.05, 3.63) is 47.1 Å². The second-order valence-electron chi connectivity index (χ2n) is 5.10. The minimum Gasteiger partial charge on any atom is -0.494 e. The van der Waals surface area contributed by atoms with E-state index in [9.17, 15) is 18.0 Å². The van der Waals surface area contributed by atoms with Crippen molar-refractivity contribution in [1.29, 1.82) is 0 Å². The van der Waals surface area contributed by atoms with Gasteiger partial charge >= 0.3 is 12.1 Å². The van der Waals surface area contributed by atoms with Crippen LogP contribution in [-0.2, 0) is 6.18 Å². The van der Waals surface area contributed by atoms with Gasteiger partial charge in [-0.05, 0) is 37.3 Å². The monoisotopic (exact) mass is 383 g/mol. The Bertz CT molecular complexity index is 932. The largest absolute Gasteiger partial charge is 0.494 e. The predicted molar refractivity (Wildman–Crippen MR) is 87.8 cm³/mol. The lowest BCUT2D eigenvalue weighted by Gasteiger charge is -2.06. The quantitative estimate of drug-likeness (QED) is 0.717. The van der Waals surface area contributed by atoms with E-state index < -0.39 is 17.8 Å². The van der Waals surface area contributed by atoms with Crippen LogP contribution in [0.2, 0.25) is 0 Å². The standard InChI is InChI=1S/C16H12F3N3O3S/c1-2-25-10-5-3-9(4-6-10)12-7-13(16(17,18)19)21-22(12)15-20-11(8-26-15)14(23)24/h3-8H,2H2,1H3,(H,23,24). The van der Waals surface area contributed by atoms with Crippen LogP contribution < -0.4 is 4.74 Å². The zero-order valence-electron chi connectivity index (χ0n) is 13.3. The number of carboxylic acid groups (broad SMARTS) is 1. The smallest absolute Gasteiger partial charge is 0.435 e. The first-order valence-corrected chi connectivity index (χ1v) is 8.27. The van der Waals surface area contributed by atoms with E-state index in [1.54, 1.807) is 24.3 Å². The molecule has 1 N–H and O–H groups in total. The van der Waals surface area contributed by atoms with Gasteiger partial charge in [0, 0.05) is 10.9 Å². The van der Waals surface area contributed by atoms with Crippen molar-refractivity contribution in [3.63, 3.8) is 0 Å². The highest BCUT2D eigenvalue weighted by atomic mass is 32.1. The number of halogens is 3. The molecule has 0 saturated carbocycles. The number of alkyl halides is 3. The fourth-order valence-electron chi connectivity index (χ4n) is 2.22. The number of thiazole rings is 1. The summed E-state index contributed by atoms with van der Waals surface area (Å²) in [7, 11) is 0. The fraction of sp³-hybridized carbons (Fsp3) is 0.188. The van der Waals surface area contributed by atoms with Gasteiger partial charge < -0.3 is 9.84 Å². The Morgan fingerprint density at radius 2 is 2.00 bits per heavy atom. The highest BCUT2D eigenvalue weighted by molar-refractivity contribution is 7.12. The van der Waals surface area contributed by atoms with Crippen LogP contribution in [0, 0.1) is 0 Å². The third-order valence-electron chi connectivity index (χ3n) is 3.35. The van der Waals surface area contributed by atoms with E-state index >= 15 is 0 Å². The summed E-state index contributed by atoms with van der Waals surface area (Å²) in [5.41, 5.74) is -0.740. The zero-order valence-corrected chi connectivity index (χ0v) is 14.1. The Morgan fingerprint density at radius 3 is 2.54 bits per heavy atom. The van der Waals surface area contributed by atoms with Crippen LogP contribution in [0.4, 0.5) is 13.2 Å². The van der Waals surface area contributed by atoms with Gasteiger partial charge in [-0.15, -0.1) is 11.3 Å². The van der Waals surface area contributed by atoms with Crippen molar-refractivity contribution in [3.8, 4) is 22.1 Å². The van der Waals surface area contributed by atoms with Crippen LogP contribution >= 0.6 is 11.3 Å². The number of rotatable bonds is 5. The Balaban J connectivity index is 2.10. The van der Waals surface area contributed by atoms with Crippen LogP contribution in [0.15, 0.2) is 35.7 Å². The summed E-state index contributed by atoms with van der Waals surface area (Å²) in [4.78, 5) is 14.8. The molecule has 136 valence electrons. The van der Waals surface area contributed by atoms with E-state index in [0.29, 0.717) is 17.9 Å². The number of aromatic nitrogens is 3. The summed E-state index contributed by atoms with van der Waals surface area (Å²) in [6, 6.07) is 7.37. The average molecular weight is 383 g/mol. The molecule has 26 heavy (non-hydrogen) atoms. The number of nitrogens with zero attached hydrogens (tertiary/aromatic N) is 3. The highest BCUT2D eigenvalue weighted by Crippen LogP contribution is 2.34. The fourth-order valence-corrected chi connectivity index (χ4v) is 2.98. The zero-order chi connectivity index (χ0) is 18.9. The predicted octanol–water partition coefficient (Wildman–Crippen LogP) is 4.11. The minimum absolute atomic E-state index is 0.0294. The molecule has 0 aliphatic heterocycles. The number of carboxylic acids is 1. The van der Waals surface area contributed by atoms with Gasteiger partial charge in [0.25, 0.3) is 0 Å². The molecule has 0 atom stereocenters. The van der Waals surface area contributed by atoms with E-state index in [4.69, 9.17) is 9.84 Å². The number of ether oxygens (including phenoxy) is 1. The second kappa shape index (κ2) is 6.79. The summed E-state index contributed by atoms with van der Waals surface area (Å²) in [5.74, 6) is -0.681. The third-order valence-corrected chi connectivity index (χ3v) is 4.17. The first-order valence-electron chi connectivity index (χ1n) is 7.39. The lowest BCUT2D eigenvalue weighted by Crippen LogP contribution is -2.07. The maximum absolute atomic E-state index is 13.1. The van der Waals surface area contributed by atoms with E-state index in [-0.39, 0.29) is 16.5 Å². The molecule has 1 aromatic carbocycles. The lowest BCUT2D eigenvalue weighted by atomic mass is 10.1. The van der Waals surface area contributed by atoms with E-state index in [1.165, 1.54) is 5.38 Å². The van der Waals surface area contributed by atoms with Crippen LogP contribution in [0.1, 0.15) is 23.1 Å². The Kier molecular flexibility index (Phi) is 4.68. The number of hydrogen-bond donors (Lipinski definition) is 1. The molecule has 2 aromatic heterocycles. The van der Waals surface area contributed by atoms with Gasteiger partial charge in [0.15, 0.2) is 11.4 Å². The summed E-state index contributed by atoms with van der Waals surface area (Å²) in [6.45, 7) is 2.29. The number of aromatic carboxylic acids is 1. The molecule has 0 bridgehead atoms. The van der Waals surface area contributed by atoms with Crippen LogP contribution in [-0.4, -0.2) is 32.4 Å². The van der Waals surface area contributed by atoms with Crippen molar-refractivity contribution in [2.24, 2.45) is 0 Å². The topological polar surface area (TPSA) is 77.2 Å². The van der Waals surface area contributed by atoms with Crippen LogP contribution in [0.3, 0.4) is 0 Å². The number of hydrogen-bond acceptors (Lipinski definition) is 5. The molecule has 2 heterocycles. The first kappa shape index (κ1) is 17.9. The SMILES string of the molecule is CCOc1ccc(-c2cc(C(F)(F)F)nn2-c2nc(C(=O)O)cs2)cc1. The molecular formula is C16H12F3N3O3S.